The van der Waals surface area contributed by atoms with Gasteiger partial charge in [0.05, 0.1) is 25.3 Å². The summed E-state index contributed by atoms with van der Waals surface area (Å²) in [4.78, 5) is 27.9. The van der Waals surface area contributed by atoms with Crippen LogP contribution in [-0.2, 0) is 16.1 Å². The Hall–Kier alpha value is -2.60. The second-order valence-corrected chi connectivity index (χ2v) is 7.42. The van der Waals surface area contributed by atoms with Crippen LogP contribution in [0.15, 0.2) is 53.1 Å². The summed E-state index contributed by atoms with van der Waals surface area (Å²) in [6.07, 6.45) is 0. The maximum absolute atomic E-state index is 12.8. The quantitative estimate of drug-likeness (QED) is 0.837. The summed E-state index contributed by atoms with van der Waals surface area (Å²) in [6, 6.07) is 10.6. The van der Waals surface area contributed by atoms with Crippen molar-refractivity contribution in [3.05, 3.63) is 63.6 Å². The van der Waals surface area contributed by atoms with E-state index in [1.54, 1.807) is 21.0 Å². The lowest BCUT2D eigenvalue weighted by Crippen LogP contribution is -2.30. The Bertz CT molecular complexity index is 854. The topological polar surface area (TPSA) is 66.8 Å². The Morgan fingerprint density at radius 1 is 1.27 bits per heavy atom. The average molecular weight is 371 g/mol. The third kappa shape index (κ3) is 3.12. The molecule has 0 radical (unpaired) electrons. The Kier molecular flexibility index (Phi) is 5.13. The molecule has 0 spiro atoms. The number of thiophene rings is 1. The summed E-state index contributed by atoms with van der Waals surface area (Å²) in [5.41, 5.74) is 0.998. The lowest BCUT2D eigenvalue weighted by molar-refractivity contribution is -0.130. The van der Waals surface area contributed by atoms with Crippen molar-refractivity contribution in [3.8, 4) is 5.75 Å². The molecule has 0 saturated heterocycles. The Morgan fingerprint density at radius 3 is 2.62 bits per heavy atom. The van der Waals surface area contributed by atoms with Crippen molar-refractivity contribution in [2.24, 2.45) is 5.92 Å². The molecule has 1 aromatic carbocycles. The smallest absolute Gasteiger partial charge is 0.290 e. The first-order valence-corrected chi connectivity index (χ1v) is 9.27. The molecule has 1 aromatic heterocycles. The highest BCUT2D eigenvalue weighted by Crippen LogP contribution is 2.42. The molecule has 5 nitrogen and oxygen atoms in total. The maximum Gasteiger partial charge on any atom is 0.290 e. The fourth-order valence-electron chi connectivity index (χ4n) is 3.14. The monoisotopic (exact) mass is 371 g/mol. The van der Waals surface area contributed by atoms with Crippen molar-refractivity contribution in [3.63, 3.8) is 0 Å². The summed E-state index contributed by atoms with van der Waals surface area (Å²) >= 11 is 1.46. The van der Waals surface area contributed by atoms with Gasteiger partial charge < -0.3 is 14.7 Å². The first-order chi connectivity index (χ1) is 12.5. The highest BCUT2D eigenvalue weighted by molar-refractivity contribution is 7.10. The van der Waals surface area contributed by atoms with Gasteiger partial charge in [-0.25, -0.2) is 0 Å². The van der Waals surface area contributed by atoms with E-state index in [2.05, 4.69) is 0 Å². The molecular weight excluding hydrogens is 350 g/mol. The molecule has 1 aliphatic heterocycles. The van der Waals surface area contributed by atoms with E-state index in [1.807, 2.05) is 41.8 Å². The molecule has 2 aromatic rings. The van der Waals surface area contributed by atoms with Crippen LogP contribution in [0.25, 0.3) is 0 Å². The van der Waals surface area contributed by atoms with Crippen LogP contribution in [0.1, 0.15) is 30.3 Å². The van der Waals surface area contributed by atoms with Gasteiger partial charge in [-0.3, -0.25) is 9.59 Å². The number of nitrogens with zero attached hydrogens (tertiary/aromatic N) is 1. The van der Waals surface area contributed by atoms with Crippen LogP contribution in [0.5, 0.6) is 5.75 Å². The maximum atomic E-state index is 12.8. The van der Waals surface area contributed by atoms with Gasteiger partial charge in [-0.2, -0.15) is 0 Å². The number of ketones is 1. The molecule has 1 amide bonds. The van der Waals surface area contributed by atoms with Gasteiger partial charge in [0.15, 0.2) is 11.5 Å². The molecule has 1 aliphatic rings. The third-order valence-electron chi connectivity index (χ3n) is 4.44. The van der Waals surface area contributed by atoms with Gasteiger partial charge in [0.1, 0.15) is 5.75 Å². The van der Waals surface area contributed by atoms with Crippen LogP contribution < -0.4 is 4.74 Å². The van der Waals surface area contributed by atoms with Crippen molar-refractivity contribution in [1.82, 2.24) is 4.90 Å². The lowest BCUT2D eigenvalue weighted by Gasteiger charge is -2.26. The predicted octanol–water partition coefficient (Wildman–Crippen LogP) is 3.88. The zero-order chi connectivity index (χ0) is 18.8. The summed E-state index contributed by atoms with van der Waals surface area (Å²) < 4.78 is 5.38. The van der Waals surface area contributed by atoms with Crippen LogP contribution >= 0.6 is 11.3 Å². The number of benzene rings is 1. The van der Waals surface area contributed by atoms with Gasteiger partial charge in [-0.05, 0) is 17.5 Å². The van der Waals surface area contributed by atoms with E-state index in [9.17, 15) is 14.7 Å². The van der Waals surface area contributed by atoms with E-state index in [1.165, 1.54) is 16.2 Å². The lowest BCUT2D eigenvalue weighted by atomic mass is 9.94. The van der Waals surface area contributed by atoms with Gasteiger partial charge >= 0.3 is 0 Å². The number of para-hydroxylation sites is 1. The number of carbonyl (C=O) groups excluding carboxylic acids is 2. The van der Waals surface area contributed by atoms with Gasteiger partial charge in [0.2, 0.25) is 0 Å². The minimum atomic E-state index is -0.581. The molecule has 0 saturated carbocycles. The first kappa shape index (κ1) is 18.2. The number of hydrogen-bond acceptors (Lipinski definition) is 5. The standard InChI is InChI=1S/C20H21NO4S/c1-12(2)18(22)16-17(15-9-6-10-26-15)21(20(24)19(16)23)11-13-7-4-5-8-14(13)25-3/h4-10,12,17,23H,11H2,1-3H3. The number of Topliss-reactive ketones (excluding diaryl/α,β-unsaturated/α-hetero) is 1. The fraction of sp³-hybridized carbons (Fsp3) is 0.300. The van der Waals surface area contributed by atoms with Crippen molar-refractivity contribution in [2.45, 2.75) is 26.4 Å². The summed E-state index contributed by atoms with van der Waals surface area (Å²) in [7, 11) is 1.57. The first-order valence-electron chi connectivity index (χ1n) is 8.39. The molecule has 26 heavy (non-hydrogen) atoms. The molecular formula is C20H21NO4S. The Morgan fingerprint density at radius 2 is 2.00 bits per heavy atom. The van der Waals surface area contributed by atoms with E-state index in [4.69, 9.17) is 4.74 Å². The molecule has 0 fully saturated rings. The summed E-state index contributed by atoms with van der Waals surface area (Å²) in [5, 5.41) is 12.4. The zero-order valence-electron chi connectivity index (χ0n) is 14.9. The van der Waals surface area contributed by atoms with Gasteiger partial charge in [0.25, 0.3) is 5.91 Å². The number of rotatable bonds is 6. The normalized spacial score (nSPS) is 17.3. The highest BCUT2D eigenvalue weighted by Gasteiger charge is 2.44. The number of ether oxygens (including phenoxy) is 1. The predicted molar refractivity (Wildman–Crippen MR) is 100 cm³/mol. The number of aliphatic hydroxyl groups excluding tert-OH is 1. The van der Waals surface area contributed by atoms with E-state index in [0.29, 0.717) is 5.75 Å². The van der Waals surface area contributed by atoms with Crippen LogP contribution in [0.4, 0.5) is 0 Å². The van der Waals surface area contributed by atoms with E-state index >= 15 is 0 Å². The van der Waals surface area contributed by atoms with E-state index in [-0.39, 0.29) is 23.8 Å². The SMILES string of the molecule is COc1ccccc1CN1C(=O)C(O)=C(C(=O)C(C)C)C1c1cccs1. The Labute approximate surface area is 156 Å². The molecule has 3 rings (SSSR count). The number of amides is 1. The van der Waals surface area contributed by atoms with Gasteiger partial charge in [0, 0.05) is 16.4 Å². The van der Waals surface area contributed by atoms with Crippen molar-refractivity contribution < 1.29 is 19.4 Å². The highest BCUT2D eigenvalue weighted by atomic mass is 32.1. The molecule has 0 aliphatic carbocycles. The second kappa shape index (κ2) is 7.33. The summed E-state index contributed by atoms with van der Waals surface area (Å²) in [6.45, 7) is 3.77. The number of carbonyl (C=O) groups is 2. The van der Waals surface area contributed by atoms with E-state index in [0.717, 1.165) is 10.4 Å². The number of methoxy groups -OCH3 is 1. The van der Waals surface area contributed by atoms with Crippen molar-refractivity contribution in [2.75, 3.05) is 7.11 Å². The Balaban J connectivity index is 2.05. The summed E-state index contributed by atoms with van der Waals surface area (Å²) in [5.74, 6) is -0.839. The molecule has 136 valence electrons. The van der Waals surface area contributed by atoms with Gasteiger partial charge in [-0.15, -0.1) is 11.3 Å². The molecule has 6 heteroatoms. The average Bonchev–Trinajstić information content (AvgIpc) is 3.24. The van der Waals surface area contributed by atoms with Crippen LogP contribution in [0.2, 0.25) is 0 Å². The van der Waals surface area contributed by atoms with Crippen molar-refractivity contribution in [1.29, 1.82) is 0 Å². The third-order valence-corrected chi connectivity index (χ3v) is 5.36. The van der Waals surface area contributed by atoms with Crippen LogP contribution in [-0.4, -0.2) is 28.8 Å². The second-order valence-electron chi connectivity index (χ2n) is 6.44. The number of aliphatic hydroxyl groups is 1. The molecule has 1 atom stereocenters. The van der Waals surface area contributed by atoms with Crippen molar-refractivity contribution >= 4 is 23.0 Å². The molecule has 1 N–H and O–H groups in total. The molecule has 0 bridgehead atoms. The fourth-order valence-corrected chi connectivity index (χ4v) is 3.98. The zero-order valence-corrected chi connectivity index (χ0v) is 15.7. The van der Waals surface area contributed by atoms with Gasteiger partial charge in [-0.1, -0.05) is 38.1 Å². The minimum Gasteiger partial charge on any atom is -0.503 e. The minimum absolute atomic E-state index is 0.183. The largest absolute Gasteiger partial charge is 0.503 e. The van der Waals surface area contributed by atoms with E-state index < -0.39 is 17.7 Å². The van der Waals surface area contributed by atoms with Crippen LogP contribution in [0, 0.1) is 5.92 Å². The number of hydrogen-bond donors (Lipinski definition) is 1. The molecule has 1 unspecified atom stereocenters. The van der Waals surface area contributed by atoms with Crippen LogP contribution in [0.3, 0.4) is 0 Å². The molecule has 2 heterocycles.